The second kappa shape index (κ2) is 6.53. The van der Waals surface area contributed by atoms with Gasteiger partial charge < -0.3 is 4.90 Å². The lowest BCUT2D eigenvalue weighted by atomic mass is 10.0. The number of likely N-dealkylation sites (tertiary alicyclic amines) is 1. The van der Waals surface area contributed by atoms with Gasteiger partial charge in [0.05, 0.1) is 6.54 Å². The van der Waals surface area contributed by atoms with Crippen molar-refractivity contribution in [3.05, 3.63) is 28.1 Å². The molecule has 2 aliphatic heterocycles. The van der Waals surface area contributed by atoms with Gasteiger partial charge in [-0.25, -0.2) is 9.97 Å². The summed E-state index contributed by atoms with van der Waals surface area (Å²) in [6.07, 6.45) is 4.33. The summed E-state index contributed by atoms with van der Waals surface area (Å²) in [7, 11) is 0. The van der Waals surface area contributed by atoms with Crippen LogP contribution in [0.5, 0.6) is 0 Å². The number of rotatable bonds is 5. The van der Waals surface area contributed by atoms with Crippen LogP contribution in [0.25, 0.3) is 0 Å². The van der Waals surface area contributed by atoms with Crippen molar-refractivity contribution in [3.63, 3.8) is 0 Å². The van der Waals surface area contributed by atoms with E-state index in [4.69, 9.17) is 0 Å². The average molecular weight is 371 g/mol. The molecule has 2 atom stereocenters. The SMILES string of the molecule is CC(C)c1cc(N2CC3CN(Cc4nnc(C5CC5)s4)CC3C2)ncn1. The first kappa shape index (κ1) is 16.6. The van der Waals surface area contributed by atoms with E-state index in [1.807, 2.05) is 11.3 Å². The molecule has 7 heteroatoms. The smallest absolute Gasteiger partial charge is 0.132 e. The molecular weight excluding hydrogens is 344 g/mol. The zero-order chi connectivity index (χ0) is 17.7. The third-order valence-corrected chi connectivity index (χ3v) is 6.99. The molecule has 2 aromatic heterocycles. The van der Waals surface area contributed by atoms with Gasteiger partial charge >= 0.3 is 0 Å². The van der Waals surface area contributed by atoms with Gasteiger partial charge in [-0.15, -0.1) is 10.2 Å². The van der Waals surface area contributed by atoms with E-state index in [0.29, 0.717) is 5.92 Å². The van der Waals surface area contributed by atoms with Crippen molar-refractivity contribution < 1.29 is 0 Å². The van der Waals surface area contributed by atoms with Crippen molar-refractivity contribution >= 4 is 17.2 Å². The first-order valence-corrected chi connectivity index (χ1v) is 10.6. The van der Waals surface area contributed by atoms with E-state index < -0.39 is 0 Å². The number of fused-ring (bicyclic) bond motifs is 1. The van der Waals surface area contributed by atoms with E-state index in [1.165, 1.54) is 35.9 Å². The van der Waals surface area contributed by atoms with Gasteiger partial charge in [-0.2, -0.15) is 0 Å². The van der Waals surface area contributed by atoms with Crippen LogP contribution in [0.15, 0.2) is 12.4 Å². The molecule has 0 N–H and O–H groups in total. The molecule has 4 heterocycles. The molecule has 0 spiro atoms. The summed E-state index contributed by atoms with van der Waals surface area (Å²) in [4.78, 5) is 14.0. The minimum Gasteiger partial charge on any atom is -0.356 e. The highest BCUT2D eigenvalue weighted by Crippen LogP contribution is 2.41. The molecule has 0 bridgehead atoms. The van der Waals surface area contributed by atoms with E-state index in [0.717, 1.165) is 48.9 Å². The Morgan fingerprint density at radius 1 is 1.08 bits per heavy atom. The van der Waals surface area contributed by atoms with Gasteiger partial charge in [0.15, 0.2) is 0 Å². The number of anilines is 1. The van der Waals surface area contributed by atoms with Crippen molar-refractivity contribution in [1.29, 1.82) is 0 Å². The molecule has 2 saturated heterocycles. The summed E-state index contributed by atoms with van der Waals surface area (Å²) in [6.45, 7) is 9.90. The maximum atomic E-state index is 4.53. The minimum atomic E-state index is 0.446. The lowest BCUT2D eigenvalue weighted by Gasteiger charge is -2.22. The van der Waals surface area contributed by atoms with Crippen LogP contribution in [0, 0.1) is 11.8 Å². The van der Waals surface area contributed by atoms with Crippen LogP contribution in [0.3, 0.4) is 0 Å². The maximum absolute atomic E-state index is 4.53. The van der Waals surface area contributed by atoms with E-state index in [1.54, 1.807) is 6.33 Å². The Balaban J connectivity index is 1.20. The third kappa shape index (κ3) is 3.22. The number of aromatic nitrogens is 4. The molecule has 3 aliphatic rings. The zero-order valence-electron chi connectivity index (χ0n) is 15.5. The first-order chi connectivity index (χ1) is 12.7. The summed E-state index contributed by atoms with van der Waals surface area (Å²) in [6, 6.07) is 2.17. The zero-order valence-corrected chi connectivity index (χ0v) is 16.3. The van der Waals surface area contributed by atoms with Gasteiger partial charge in [0.2, 0.25) is 0 Å². The summed E-state index contributed by atoms with van der Waals surface area (Å²) >= 11 is 1.83. The summed E-state index contributed by atoms with van der Waals surface area (Å²) in [5, 5.41) is 11.3. The Morgan fingerprint density at radius 3 is 2.54 bits per heavy atom. The highest BCUT2D eigenvalue weighted by Gasteiger charge is 2.40. The van der Waals surface area contributed by atoms with Crippen molar-refractivity contribution in [2.75, 3.05) is 31.1 Å². The molecule has 26 heavy (non-hydrogen) atoms. The Hall–Kier alpha value is -1.60. The average Bonchev–Trinajstić information content (AvgIpc) is 3.07. The van der Waals surface area contributed by atoms with Crippen molar-refractivity contribution in [3.8, 4) is 0 Å². The number of hydrogen-bond acceptors (Lipinski definition) is 7. The highest BCUT2D eigenvalue weighted by atomic mass is 32.1. The standard InChI is InChI=1S/C19H26N6S/c1-12(2)16-5-17(21-11-20-16)25-8-14-6-24(7-15(14)9-25)10-18-22-23-19(26-18)13-3-4-13/h5,11-15H,3-4,6-10H2,1-2H3. The molecule has 1 aliphatic carbocycles. The molecule has 5 rings (SSSR count). The van der Waals surface area contributed by atoms with Crippen molar-refractivity contribution in [2.45, 2.75) is 45.1 Å². The summed E-state index contributed by atoms with van der Waals surface area (Å²) in [5.74, 6) is 3.74. The van der Waals surface area contributed by atoms with E-state index in [9.17, 15) is 0 Å². The van der Waals surface area contributed by atoms with Crippen LogP contribution in [-0.2, 0) is 6.54 Å². The van der Waals surface area contributed by atoms with Crippen LogP contribution in [-0.4, -0.2) is 51.2 Å². The molecule has 2 aromatic rings. The lowest BCUT2D eigenvalue weighted by Crippen LogP contribution is -2.29. The Bertz CT molecular complexity index is 772. The molecular formula is C19H26N6S. The molecule has 6 nitrogen and oxygen atoms in total. The van der Waals surface area contributed by atoms with Crippen LogP contribution in [0.2, 0.25) is 0 Å². The Kier molecular flexibility index (Phi) is 4.16. The second-order valence-electron chi connectivity index (χ2n) is 8.38. The fourth-order valence-corrected chi connectivity index (χ4v) is 5.33. The van der Waals surface area contributed by atoms with E-state index >= 15 is 0 Å². The monoisotopic (exact) mass is 370 g/mol. The Labute approximate surface area is 158 Å². The molecule has 138 valence electrons. The van der Waals surface area contributed by atoms with Gasteiger partial charge in [0.1, 0.15) is 22.2 Å². The molecule has 3 fully saturated rings. The third-order valence-electron chi connectivity index (χ3n) is 5.92. The van der Waals surface area contributed by atoms with Gasteiger partial charge in [-0.3, -0.25) is 4.90 Å². The largest absolute Gasteiger partial charge is 0.356 e. The molecule has 0 amide bonds. The second-order valence-corrected chi connectivity index (χ2v) is 9.48. The normalized spacial score (nSPS) is 26.0. The number of nitrogens with zero attached hydrogens (tertiary/aromatic N) is 6. The quantitative estimate of drug-likeness (QED) is 0.807. The predicted octanol–water partition coefficient (Wildman–Crippen LogP) is 2.90. The van der Waals surface area contributed by atoms with Crippen molar-refractivity contribution in [1.82, 2.24) is 25.1 Å². The fraction of sp³-hybridized carbons (Fsp3) is 0.684. The number of hydrogen-bond donors (Lipinski definition) is 0. The minimum absolute atomic E-state index is 0.446. The molecule has 1 saturated carbocycles. The summed E-state index contributed by atoms with van der Waals surface area (Å²) in [5.41, 5.74) is 1.14. The fourth-order valence-electron chi connectivity index (χ4n) is 4.27. The van der Waals surface area contributed by atoms with E-state index in [-0.39, 0.29) is 0 Å². The van der Waals surface area contributed by atoms with Gasteiger partial charge in [-0.05, 0) is 30.6 Å². The topological polar surface area (TPSA) is 58.0 Å². The van der Waals surface area contributed by atoms with Crippen LogP contribution < -0.4 is 4.90 Å². The molecule has 2 unspecified atom stereocenters. The van der Waals surface area contributed by atoms with Crippen LogP contribution >= 0.6 is 11.3 Å². The van der Waals surface area contributed by atoms with Gasteiger partial charge in [-0.1, -0.05) is 25.2 Å². The van der Waals surface area contributed by atoms with Crippen LogP contribution in [0.4, 0.5) is 5.82 Å². The summed E-state index contributed by atoms with van der Waals surface area (Å²) < 4.78 is 0. The molecule has 0 radical (unpaired) electrons. The molecule has 0 aromatic carbocycles. The predicted molar refractivity (Wildman–Crippen MR) is 102 cm³/mol. The maximum Gasteiger partial charge on any atom is 0.132 e. The lowest BCUT2D eigenvalue weighted by molar-refractivity contribution is 0.307. The highest BCUT2D eigenvalue weighted by molar-refractivity contribution is 7.11. The van der Waals surface area contributed by atoms with Crippen molar-refractivity contribution in [2.24, 2.45) is 11.8 Å². The first-order valence-electron chi connectivity index (χ1n) is 9.77. The van der Waals surface area contributed by atoms with Gasteiger partial charge in [0, 0.05) is 43.9 Å². The Morgan fingerprint density at radius 2 is 1.85 bits per heavy atom. The van der Waals surface area contributed by atoms with E-state index in [2.05, 4.69) is 49.9 Å². The van der Waals surface area contributed by atoms with Crippen LogP contribution in [0.1, 0.15) is 54.2 Å². The van der Waals surface area contributed by atoms with Gasteiger partial charge in [0.25, 0.3) is 0 Å².